The highest BCUT2D eigenvalue weighted by Crippen LogP contribution is 2.49. The Morgan fingerprint density at radius 2 is 1.94 bits per heavy atom. The molecule has 11 nitrogen and oxygen atoms in total. The van der Waals surface area contributed by atoms with Crippen molar-refractivity contribution in [2.45, 2.75) is 63.0 Å². The summed E-state index contributed by atoms with van der Waals surface area (Å²) in [6.07, 6.45) is -1.51. The number of piperidine rings is 1. The second kappa shape index (κ2) is 11.7. The SMILES string of the molecule is C[C@]1(c2ccc(Cl)cn2)Oc2cccc([C@H]3CCN(Cc4nc5cc(-c6n[nH]c(C(F)(F)F)n6)cnc5n4C[C@@H]4CCO4)C[C@@H]3F)c2O1. The van der Waals surface area contributed by atoms with Crippen molar-refractivity contribution >= 4 is 22.8 Å². The minimum absolute atomic E-state index is 0.0132. The predicted octanol–water partition coefficient (Wildman–Crippen LogP) is 6.04. The van der Waals surface area contributed by atoms with Crippen molar-refractivity contribution in [2.24, 2.45) is 0 Å². The molecule has 3 aliphatic heterocycles. The first-order chi connectivity index (χ1) is 23.0. The minimum atomic E-state index is -4.65. The Morgan fingerprint density at radius 3 is 2.65 bits per heavy atom. The van der Waals surface area contributed by atoms with Crippen molar-refractivity contribution in [1.82, 2.24) is 39.6 Å². The number of ether oxygens (including phenoxy) is 3. The summed E-state index contributed by atoms with van der Waals surface area (Å²) in [5.74, 6) is -1.23. The number of pyridine rings is 2. The summed E-state index contributed by atoms with van der Waals surface area (Å²) < 4.78 is 75.5. The number of nitrogens with one attached hydrogen (secondary N) is 1. The Hall–Kier alpha value is -4.34. The molecule has 1 N–H and O–H groups in total. The molecule has 2 fully saturated rings. The van der Waals surface area contributed by atoms with Crippen LogP contribution in [0, 0.1) is 0 Å². The highest BCUT2D eigenvalue weighted by Gasteiger charge is 2.44. The summed E-state index contributed by atoms with van der Waals surface area (Å²) in [5, 5.41) is 6.14. The summed E-state index contributed by atoms with van der Waals surface area (Å²) in [5.41, 5.74) is 2.60. The normalized spacial score (nSPS) is 24.2. The van der Waals surface area contributed by atoms with E-state index in [0.29, 0.717) is 77.4 Å². The van der Waals surface area contributed by atoms with E-state index in [4.69, 9.17) is 30.8 Å². The molecular formula is C32H29ClF4N8O3. The number of alkyl halides is 4. The molecule has 0 amide bonds. The van der Waals surface area contributed by atoms with Crippen LogP contribution in [0.5, 0.6) is 11.5 Å². The molecule has 2 saturated heterocycles. The topological polar surface area (TPSA) is 116 Å². The molecule has 4 aromatic heterocycles. The maximum atomic E-state index is 16.1. The monoisotopic (exact) mass is 684 g/mol. The van der Waals surface area contributed by atoms with Crippen LogP contribution in [0.25, 0.3) is 22.6 Å². The Kier molecular flexibility index (Phi) is 7.53. The number of imidazole rings is 1. The van der Waals surface area contributed by atoms with Gasteiger partial charge in [-0.05, 0) is 43.7 Å². The van der Waals surface area contributed by atoms with E-state index in [2.05, 4.69) is 20.1 Å². The van der Waals surface area contributed by atoms with E-state index in [9.17, 15) is 13.2 Å². The lowest BCUT2D eigenvalue weighted by atomic mass is 9.87. The summed E-state index contributed by atoms with van der Waals surface area (Å²) in [6.45, 7) is 4.03. The van der Waals surface area contributed by atoms with Crippen molar-refractivity contribution in [3.63, 3.8) is 0 Å². The van der Waals surface area contributed by atoms with Crippen molar-refractivity contribution in [3.05, 3.63) is 76.7 Å². The molecule has 0 spiro atoms. The van der Waals surface area contributed by atoms with Crippen LogP contribution >= 0.6 is 11.6 Å². The molecule has 1 aromatic carbocycles. The van der Waals surface area contributed by atoms with Crippen LogP contribution in [0.3, 0.4) is 0 Å². The van der Waals surface area contributed by atoms with Crippen LogP contribution in [-0.4, -0.2) is 71.6 Å². The van der Waals surface area contributed by atoms with E-state index < -0.39 is 29.9 Å². The van der Waals surface area contributed by atoms with Gasteiger partial charge in [0, 0.05) is 49.5 Å². The zero-order valence-electron chi connectivity index (χ0n) is 25.5. The Bertz CT molecular complexity index is 1980. The minimum Gasteiger partial charge on any atom is -0.443 e. The number of fused-ring (bicyclic) bond motifs is 2. The van der Waals surface area contributed by atoms with Crippen molar-refractivity contribution in [2.75, 3.05) is 19.7 Å². The zero-order chi connectivity index (χ0) is 33.2. The average Bonchev–Trinajstić information content (AvgIpc) is 3.75. The first kappa shape index (κ1) is 31.0. The first-order valence-electron chi connectivity index (χ1n) is 15.5. The number of aromatic amines is 1. The van der Waals surface area contributed by atoms with Gasteiger partial charge in [0.2, 0.25) is 5.82 Å². The molecule has 0 aliphatic carbocycles. The Morgan fingerprint density at radius 1 is 1.08 bits per heavy atom. The van der Waals surface area contributed by atoms with Gasteiger partial charge in [0.15, 0.2) is 23.0 Å². The highest BCUT2D eigenvalue weighted by molar-refractivity contribution is 6.30. The number of nitrogens with zero attached hydrogens (tertiary/aromatic N) is 7. The fourth-order valence-electron chi connectivity index (χ4n) is 6.49. The molecule has 0 radical (unpaired) electrons. The number of benzene rings is 1. The van der Waals surface area contributed by atoms with Gasteiger partial charge in [-0.2, -0.15) is 18.3 Å². The smallest absolute Gasteiger partial charge is 0.443 e. The third-order valence-electron chi connectivity index (χ3n) is 9.05. The molecule has 7 heterocycles. The number of hydrogen-bond acceptors (Lipinski definition) is 9. The fraction of sp³-hybridized carbons (Fsp3) is 0.406. The van der Waals surface area contributed by atoms with Gasteiger partial charge in [-0.3, -0.25) is 15.0 Å². The third-order valence-corrected chi connectivity index (χ3v) is 9.27. The van der Waals surface area contributed by atoms with Gasteiger partial charge < -0.3 is 18.8 Å². The van der Waals surface area contributed by atoms with Gasteiger partial charge in [-0.1, -0.05) is 23.7 Å². The highest BCUT2D eigenvalue weighted by atomic mass is 35.5. The molecular weight excluding hydrogens is 656 g/mol. The van der Waals surface area contributed by atoms with Gasteiger partial charge >= 0.3 is 6.18 Å². The maximum Gasteiger partial charge on any atom is 0.451 e. The predicted molar refractivity (Wildman–Crippen MR) is 164 cm³/mol. The van der Waals surface area contributed by atoms with Gasteiger partial charge in [-0.25, -0.2) is 19.3 Å². The summed E-state index contributed by atoms with van der Waals surface area (Å²) in [4.78, 5) is 19.3. The molecule has 5 aromatic rings. The second-order valence-electron chi connectivity index (χ2n) is 12.3. The van der Waals surface area contributed by atoms with Crippen LogP contribution < -0.4 is 9.47 Å². The lowest BCUT2D eigenvalue weighted by Gasteiger charge is -2.35. The second-order valence-corrected chi connectivity index (χ2v) is 12.8. The van der Waals surface area contributed by atoms with E-state index in [0.717, 1.165) is 12.0 Å². The van der Waals surface area contributed by atoms with Crippen LogP contribution in [0.15, 0.2) is 48.8 Å². The van der Waals surface area contributed by atoms with Gasteiger partial charge in [0.05, 0.1) is 24.2 Å². The number of para-hydroxylation sites is 1. The molecule has 0 unspecified atom stereocenters. The van der Waals surface area contributed by atoms with Crippen LogP contribution in [0.2, 0.25) is 5.02 Å². The number of likely N-dealkylation sites (tertiary alicyclic amines) is 1. The largest absolute Gasteiger partial charge is 0.451 e. The van der Waals surface area contributed by atoms with Crippen LogP contribution in [-0.2, 0) is 29.8 Å². The van der Waals surface area contributed by atoms with Gasteiger partial charge in [0.25, 0.3) is 5.79 Å². The summed E-state index contributed by atoms with van der Waals surface area (Å²) >= 11 is 6.02. The van der Waals surface area contributed by atoms with Crippen molar-refractivity contribution < 1.29 is 31.8 Å². The van der Waals surface area contributed by atoms with Gasteiger partial charge in [-0.15, -0.1) is 0 Å². The summed E-state index contributed by atoms with van der Waals surface area (Å²) in [7, 11) is 0. The third kappa shape index (κ3) is 5.62. The number of halogens is 5. The standard InChI is InChI=1S/C32H29ClF4N8O3/c1-31(25-6-5-18(33)13-38-25)47-24-4-2-3-21(27(24)48-31)20-7-9-44(15-22(20)34)16-26-40-23-11-17(28-41-30(43-42-28)32(35,36)37)12-39-29(23)45(26)14-19-8-10-46-19/h2-6,11-13,19-20,22H,7-10,14-16H2,1H3,(H,41,42,43)/t19-,20+,22-,31-/m0/s1. The molecule has 0 saturated carbocycles. The van der Waals surface area contributed by atoms with E-state index in [1.54, 1.807) is 31.2 Å². The lowest BCUT2D eigenvalue weighted by Crippen LogP contribution is -2.41. The van der Waals surface area contributed by atoms with E-state index in [1.165, 1.54) is 12.4 Å². The zero-order valence-corrected chi connectivity index (χ0v) is 26.3. The lowest BCUT2D eigenvalue weighted by molar-refractivity contribution is -0.144. The number of aromatic nitrogens is 7. The molecule has 16 heteroatoms. The fourth-order valence-corrected chi connectivity index (χ4v) is 6.60. The van der Waals surface area contributed by atoms with Crippen molar-refractivity contribution in [1.29, 1.82) is 0 Å². The molecule has 48 heavy (non-hydrogen) atoms. The summed E-state index contributed by atoms with van der Waals surface area (Å²) in [6, 6.07) is 10.6. The van der Waals surface area contributed by atoms with Crippen LogP contribution in [0.1, 0.15) is 48.6 Å². The van der Waals surface area contributed by atoms with Crippen LogP contribution in [0.4, 0.5) is 17.6 Å². The molecule has 8 rings (SSSR count). The molecule has 3 aliphatic rings. The molecule has 4 atom stereocenters. The number of rotatable bonds is 7. The van der Waals surface area contributed by atoms with E-state index in [-0.39, 0.29) is 18.5 Å². The Balaban J connectivity index is 1.02. The first-order valence-corrected chi connectivity index (χ1v) is 15.9. The maximum absolute atomic E-state index is 16.1. The molecule has 0 bridgehead atoms. The Labute approximate surface area is 276 Å². The van der Waals surface area contributed by atoms with Crippen molar-refractivity contribution in [3.8, 4) is 22.9 Å². The van der Waals surface area contributed by atoms with E-state index in [1.807, 2.05) is 26.7 Å². The number of hydrogen-bond donors (Lipinski definition) is 1. The van der Waals surface area contributed by atoms with E-state index >= 15 is 4.39 Å². The average molecular weight is 685 g/mol. The number of H-pyrrole nitrogens is 1. The van der Waals surface area contributed by atoms with Gasteiger partial charge in [0.1, 0.15) is 23.2 Å². The molecule has 250 valence electrons. The quantitative estimate of drug-likeness (QED) is 0.205.